The minimum Gasteiger partial charge on any atom is -0.323 e. The van der Waals surface area contributed by atoms with Crippen molar-refractivity contribution in [2.24, 2.45) is 0 Å². The van der Waals surface area contributed by atoms with Crippen molar-refractivity contribution in [3.05, 3.63) is 124 Å². The third-order valence-corrected chi connectivity index (χ3v) is 7.17. The van der Waals surface area contributed by atoms with Crippen molar-refractivity contribution in [1.29, 1.82) is 0 Å². The van der Waals surface area contributed by atoms with Crippen LogP contribution in [0.2, 0.25) is 5.02 Å². The van der Waals surface area contributed by atoms with Crippen molar-refractivity contribution in [3.8, 4) is 0 Å². The summed E-state index contributed by atoms with van der Waals surface area (Å²) in [6.45, 7) is 1.94. The quantitative estimate of drug-likeness (QED) is 0.226. The Labute approximate surface area is 227 Å². The molecule has 4 aromatic rings. The number of aryl methyl sites for hydroxylation is 1. The van der Waals surface area contributed by atoms with Crippen LogP contribution in [-0.4, -0.2) is 11.8 Å². The molecule has 194 valence electrons. The maximum Gasteiger partial charge on any atom is 0.416 e. The van der Waals surface area contributed by atoms with E-state index in [1.54, 1.807) is 66.7 Å². The smallest absolute Gasteiger partial charge is 0.323 e. The molecule has 9 heteroatoms. The third kappa shape index (κ3) is 6.96. The molecular formula is C29H22ClF3N2O2S. The number of alkyl halides is 3. The van der Waals surface area contributed by atoms with Gasteiger partial charge >= 0.3 is 6.18 Å². The van der Waals surface area contributed by atoms with Crippen molar-refractivity contribution in [2.45, 2.75) is 23.2 Å². The van der Waals surface area contributed by atoms with Crippen molar-refractivity contribution < 1.29 is 22.8 Å². The average Bonchev–Trinajstić information content (AvgIpc) is 2.89. The van der Waals surface area contributed by atoms with E-state index in [2.05, 4.69) is 10.6 Å². The molecule has 0 bridgehead atoms. The Morgan fingerprint density at radius 1 is 0.842 bits per heavy atom. The second-order valence-corrected chi connectivity index (χ2v) is 10.0. The number of carbonyl (C=O) groups is 2. The van der Waals surface area contributed by atoms with Crippen LogP contribution in [0.1, 0.15) is 32.3 Å². The Morgan fingerprint density at radius 2 is 1.50 bits per heavy atom. The first-order valence-electron chi connectivity index (χ1n) is 11.5. The third-order valence-electron chi connectivity index (χ3n) is 5.57. The van der Waals surface area contributed by atoms with Crippen LogP contribution in [0, 0.1) is 6.92 Å². The number of thioether (sulfide) groups is 1. The summed E-state index contributed by atoms with van der Waals surface area (Å²) in [5, 5.41) is 4.60. The molecule has 0 heterocycles. The first-order valence-corrected chi connectivity index (χ1v) is 12.7. The Bertz CT molecular complexity index is 1430. The zero-order valence-corrected chi connectivity index (χ0v) is 21.6. The van der Waals surface area contributed by atoms with Crippen LogP contribution >= 0.6 is 23.4 Å². The molecule has 0 saturated carbocycles. The summed E-state index contributed by atoms with van der Waals surface area (Å²) in [6, 6.07) is 25.8. The van der Waals surface area contributed by atoms with Gasteiger partial charge in [-0.1, -0.05) is 59.6 Å². The minimum atomic E-state index is -4.58. The SMILES string of the molecule is Cc1ccc(C(=O)Nc2ccc(SC(C(=O)Nc3cc(C(F)(F)F)ccc3Cl)c3ccccc3)cc2)cc1. The number of hydrogen-bond acceptors (Lipinski definition) is 3. The van der Waals surface area contributed by atoms with Gasteiger partial charge in [-0.3, -0.25) is 9.59 Å². The van der Waals surface area contributed by atoms with E-state index in [9.17, 15) is 22.8 Å². The van der Waals surface area contributed by atoms with Gasteiger partial charge < -0.3 is 10.6 Å². The molecule has 0 aliphatic rings. The van der Waals surface area contributed by atoms with Crippen LogP contribution in [-0.2, 0) is 11.0 Å². The Kier molecular flexibility index (Phi) is 8.44. The highest BCUT2D eigenvalue weighted by molar-refractivity contribution is 8.00. The van der Waals surface area contributed by atoms with Gasteiger partial charge in [0.15, 0.2) is 0 Å². The number of amides is 2. The van der Waals surface area contributed by atoms with E-state index in [0.717, 1.165) is 28.7 Å². The zero-order chi connectivity index (χ0) is 27.3. The van der Waals surface area contributed by atoms with Crippen LogP contribution < -0.4 is 10.6 Å². The summed E-state index contributed by atoms with van der Waals surface area (Å²) >= 11 is 7.31. The van der Waals surface area contributed by atoms with E-state index < -0.39 is 22.9 Å². The first-order chi connectivity index (χ1) is 18.1. The fourth-order valence-corrected chi connectivity index (χ4v) is 4.75. The topological polar surface area (TPSA) is 58.2 Å². The van der Waals surface area contributed by atoms with Gasteiger partial charge in [0.25, 0.3) is 5.91 Å². The second kappa shape index (κ2) is 11.8. The molecule has 0 fully saturated rings. The van der Waals surface area contributed by atoms with E-state index in [4.69, 9.17) is 11.6 Å². The number of rotatable bonds is 7. The highest BCUT2D eigenvalue weighted by atomic mass is 35.5. The van der Waals surface area contributed by atoms with E-state index in [1.807, 2.05) is 19.1 Å². The largest absolute Gasteiger partial charge is 0.416 e. The summed E-state index contributed by atoms with van der Waals surface area (Å²) < 4.78 is 39.6. The number of carbonyl (C=O) groups excluding carboxylic acids is 2. The number of benzene rings is 4. The van der Waals surface area contributed by atoms with Crippen molar-refractivity contribution in [1.82, 2.24) is 0 Å². The van der Waals surface area contributed by atoms with Gasteiger partial charge in [0.05, 0.1) is 16.3 Å². The van der Waals surface area contributed by atoms with E-state index in [0.29, 0.717) is 16.8 Å². The van der Waals surface area contributed by atoms with Gasteiger partial charge in [-0.25, -0.2) is 0 Å². The molecule has 0 radical (unpaired) electrons. The van der Waals surface area contributed by atoms with Crippen LogP contribution in [0.5, 0.6) is 0 Å². The number of hydrogen-bond donors (Lipinski definition) is 2. The summed E-state index contributed by atoms with van der Waals surface area (Å²) in [6.07, 6.45) is -4.58. The highest BCUT2D eigenvalue weighted by Crippen LogP contribution is 2.38. The molecule has 0 aliphatic carbocycles. The molecule has 38 heavy (non-hydrogen) atoms. The number of nitrogens with one attached hydrogen (secondary N) is 2. The summed E-state index contributed by atoms with van der Waals surface area (Å²) in [4.78, 5) is 26.5. The molecule has 1 unspecified atom stereocenters. The zero-order valence-electron chi connectivity index (χ0n) is 20.1. The van der Waals surface area contributed by atoms with E-state index in [1.165, 1.54) is 11.8 Å². The standard InChI is InChI=1S/C29H22ClF3N2O2S/c1-18-7-9-20(10-8-18)27(36)34-22-12-14-23(15-13-22)38-26(19-5-3-2-4-6-19)28(37)35-25-17-21(29(31,32)33)11-16-24(25)30/h2-17,26H,1H3,(H,34,36)(H,35,37). The molecule has 2 amide bonds. The van der Waals surface area contributed by atoms with Crippen molar-refractivity contribution in [2.75, 3.05) is 10.6 Å². The molecule has 0 spiro atoms. The van der Waals surface area contributed by atoms with Gasteiger partial charge in [0.1, 0.15) is 5.25 Å². The molecule has 0 aliphatic heterocycles. The maximum absolute atomic E-state index is 13.3. The molecule has 0 saturated heterocycles. The van der Waals surface area contributed by atoms with Gasteiger partial charge in [0, 0.05) is 16.1 Å². The summed E-state index contributed by atoms with van der Waals surface area (Å²) in [5.41, 5.74) is 1.79. The molecule has 1 atom stereocenters. The first kappa shape index (κ1) is 27.3. The lowest BCUT2D eigenvalue weighted by Gasteiger charge is -2.18. The molecule has 4 aromatic carbocycles. The summed E-state index contributed by atoms with van der Waals surface area (Å²) in [5.74, 6) is -0.774. The van der Waals surface area contributed by atoms with Crippen molar-refractivity contribution in [3.63, 3.8) is 0 Å². The average molecular weight is 555 g/mol. The minimum absolute atomic E-state index is 0.00293. The van der Waals surface area contributed by atoms with Crippen LogP contribution in [0.15, 0.2) is 102 Å². The molecule has 4 rings (SSSR count). The molecule has 0 aromatic heterocycles. The van der Waals surface area contributed by atoms with Gasteiger partial charge in [0.2, 0.25) is 5.91 Å². The van der Waals surface area contributed by atoms with Gasteiger partial charge in [-0.15, -0.1) is 11.8 Å². The van der Waals surface area contributed by atoms with Gasteiger partial charge in [-0.05, 0) is 67.1 Å². The Morgan fingerprint density at radius 3 is 2.13 bits per heavy atom. The predicted octanol–water partition coefficient (Wildman–Crippen LogP) is 8.39. The fourth-order valence-electron chi connectivity index (χ4n) is 3.56. The lowest BCUT2D eigenvalue weighted by atomic mass is 10.1. The monoisotopic (exact) mass is 554 g/mol. The van der Waals surface area contributed by atoms with E-state index in [-0.39, 0.29) is 16.6 Å². The second-order valence-electron chi connectivity index (χ2n) is 8.43. The lowest BCUT2D eigenvalue weighted by molar-refractivity contribution is -0.137. The highest BCUT2D eigenvalue weighted by Gasteiger charge is 2.31. The molecule has 2 N–H and O–H groups in total. The van der Waals surface area contributed by atoms with Crippen LogP contribution in [0.4, 0.5) is 24.5 Å². The number of halogens is 4. The van der Waals surface area contributed by atoms with Crippen LogP contribution in [0.25, 0.3) is 0 Å². The summed E-state index contributed by atoms with van der Waals surface area (Å²) in [7, 11) is 0. The Hall–Kier alpha value is -3.75. The number of anilines is 2. The predicted molar refractivity (Wildman–Crippen MR) is 146 cm³/mol. The van der Waals surface area contributed by atoms with E-state index >= 15 is 0 Å². The Balaban J connectivity index is 1.52. The maximum atomic E-state index is 13.3. The van der Waals surface area contributed by atoms with Crippen LogP contribution in [0.3, 0.4) is 0 Å². The molecular weight excluding hydrogens is 533 g/mol. The van der Waals surface area contributed by atoms with Crippen molar-refractivity contribution >= 4 is 46.6 Å². The lowest BCUT2D eigenvalue weighted by Crippen LogP contribution is -2.19. The molecule has 4 nitrogen and oxygen atoms in total. The van der Waals surface area contributed by atoms with Gasteiger partial charge in [-0.2, -0.15) is 13.2 Å². The fraction of sp³-hybridized carbons (Fsp3) is 0.103. The normalized spacial score (nSPS) is 12.0.